The lowest BCUT2D eigenvalue weighted by Crippen LogP contribution is -2.33. The molecule has 0 heterocycles. The van der Waals surface area contributed by atoms with Crippen LogP contribution < -0.4 is 5.32 Å². The van der Waals surface area contributed by atoms with Gasteiger partial charge in [-0.15, -0.1) is 0 Å². The minimum Gasteiger partial charge on any atom is -0.480 e. The summed E-state index contributed by atoms with van der Waals surface area (Å²) >= 11 is 3.31. The number of carbonyl (C=O) groups is 2. The second-order valence-corrected chi connectivity index (χ2v) is 4.45. The molecule has 1 amide bonds. The molecule has 0 saturated carbocycles. The zero-order chi connectivity index (χ0) is 12.8. The Balaban J connectivity index is 2.50. The van der Waals surface area contributed by atoms with Crippen LogP contribution in [-0.2, 0) is 9.59 Å². The summed E-state index contributed by atoms with van der Waals surface area (Å²) in [6.07, 6.45) is 0. The highest BCUT2D eigenvalue weighted by Gasteiger charge is 2.10. The van der Waals surface area contributed by atoms with Crippen LogP contribution in [0.2, 0.25) is 0 Å². The lowest BCUT2D eigenvalue weighted by molar-refractivity contribution is -0.138. The van der Waals surface area contributed by atoms with Gasteiger partial charge in [-0.2, -0.15) is 0 Å². The fourth-order valence-electron chi connectivity index (χ4n) is 1.28. The lowest BCUT2D eigenvalue weighted by Gasteiger charge is -2.14. The van der Waals surface area contributed by atoms with Crippen LogP contribution in [0.3, 0.4) is 0 Å². The van der Waals surface area contributed by atoms with Gasteiger partial charge in [-0.3, -0.25) is 14.5 Å². The number of carbonyl (C=O) groups excluding carboxylic acids is 1. The molecular formula is C11H13BrN2O3. The predicted octanol–water partition coefficient (Wildman–Crippen LogP) is 1.40. The highest BCUT2D eigenvalue weighted by Crippen LogP contribution is 2.20. The molecule has 1 rings (SSSR count). The highest BCUT2D eigenvalue weighted by molar-refractivity contribution is 9.10. The van der Waals surface area contributed by atoms with E-state index in [9.17, 15) is 9.59 Å². The summed E-state index contributed by atoms with van der Waals surface area (Å²) in [4.78, 5) is 23.4. The SMILES string of the molecule is CN(CC(=O)O)CC(=O)Nc1ccccc1Br. The molecule has 0 saturated heterocycles. The number of halogens is 1. The first-order valence-electron chi connectivity index (χ1n) is 4.93. The maximum absolute atomic E-state index is 11.6. The van der Waals surface area contributed by atoms with Crippen LogP contribution in [0.5, 0.6) is 0 Å². The molecule has 17 heavy (non-hydrogen) atoms. The topological polar surface area (TPSA) is 69.6 Å². The summed E-state index contributed by atoms with van der Waals surface area (Å²) in [7, 11) is 1.58. The summed E-state index contributed by atoms with van der Waals surface area (Å²) in [6, 6.07) is 7.23. The molecule has 2 N–H and O–H groups in total. The molecule has 0 fully saturated rings. The molecule has 92 valence electrons. The molecule has 0 aliphatic carbocycles. The number of nitrogens with zero attached hydrogens (tertiary/aromatic N) is 1. The average molecular weight is 301 g/mol. The van der Waals surface area contributed by atoms with Crippen LogP contribution >= 0.6 is 15.9 Å². The summed E-state index contributed by atoms with van der Waals surface area (Å²) in [5.74, 6) is -1.21. The average Bonchev–Trinajstić information content (AvgIpc) is 2.19. The van der Waals surface area contributed by atoms with E-state index in [2.05, 4.69) is 21.2 Å². The van der Waals surface area contributed by atoms with Crippen molar-refractivity contribution in [2.75, 3.05) is 25.5 Å². The number of nitrogens with one attached hydrogen (secondary N) is 1. The van der Waals surface area contributed by atoms with Crippen molar-refractivity contribution in [3.63, 3.8) is 0 Å². The molecule has 0 aromatic heterocycles. The van der Waals surface area contributed by atoms with E-state index in [1.807, 2.05) is 12.1 Å². The number of hydrogen-bond acceptors (Lipinski definition) is 3. The van der Waals surface area contributed by atoms with Gasteiger partial charge in [0.25, 0.3) is 0 Å². The fraction of sp³-hybridized carbons (Fsp3) is 0.273. The van der Waals surface area contributed by atoms with Gasteiger partial charge >= 0.3 is 5.97 Å². The molecule has 0 aliphatic rings. The number of likely N-dealkylation sites (N-methyl/N-ethyl adjacent to an activating group) is 1. The number of carboxylic acid groups (broad SMARTS) is 1. The molecule has 5 nitrogen and oxygen atoms in total. The third-order valence-electron chi connectivity index (χ3n) is 1.97. The molecule has 0 radical (unpaired) electrons. The van der Waals surface area contributed by atoms with Crippen molar-refractivity contribution in [2.45, 2.75) is 0 Å². The molecule has 0 unspecified atom stereocenters. The Morgan fingerprint density at radius 3 is 2.59 bits per heavy atom. The third-order valence-corrected chi connectivity index (χ3v) is 2.66. The standard InChI is InChI=1S/C11H13BrN2O3/c1-14(7-11(16)17)6-10(15)13-9-5-3-2-4-8(9)12/h2-5H,6-7H2,1H3,(H,13,15)(H,16,17). The third kappa shape index (κ3) is 4.97. The van der Waals surface area contributed by atoms with Gasteiger partial charge in [0.05, 0.1) is 18.8 Å². The van der Waals surface area contributed by atoms with Gasteiger partial charge in [-0.25, -0.2) is 0 Å². The van der Waals surface area contributed by atoms with Crippen molar-refractivity contribution in [1.82, 2.24) is 4.90 Å². The largest absolute Gasteiger partial charge is 0.480 e. The number of anilines is 1. The monoisotopic (exact) mass is 300 g/mol. The first-order valence-corrected chi connectivity index (χ1v) is 5.73. The van der Waals surface area contributed by atoms with Crippen molar-refractivity contribution in [2.24, 2.45) is 0 Å². The molecule has 1 aromatic rings. The first kappa shape index (κ1) is 13.7. The zero-order valence-corrected chi connectivity index (χ0v) is 10.9. The Labute approximate surface area is 108 Å². The summed E-state index contributed by atoms with van der Waals surface area (Å²) < 4.78 is 0.786. The van der Waals surface area contributed by atoms with Crippen molar-refractivity contribution < 1.29 is 14.7 Å². The van der Waals surface area contributed by atoms with Gasteiger partial charge < -0.3 is 10.4 Å². The van der Waals surface area contributed by atoms with E-state index in [4.69, 9.17) is 5.11 Å². The van der Waals surface area contributed by atoms with Crippen molar-refractivity contribution >= 4 is 33.5 Å². The van der Waals surface area contributed by atoms with Crippen LogP contribution in [0.15, 0.2) is 28.7 Å². The molecule has 0 atom stereocenters. The summed E-state index contributed by atoms with van der Waals surface area (Å²) in [5.41, 5.74) is 0.668. The Kier molecular flexibility index (Phi) is 5.11. The molecule has 0 aliphatic heterocycles. The maximum atomic E-state index is 11.6. The fourth-order valence-corrected chi connectivity index (χ4v) is 1.67. The maximum Gasteiger partial charge on any atom is 0.317 e. The van der Waals surface area contributed by atoms with Crippen LogP contribution in [0, 0.1) is 0 Å². The smallest absolute Gasteiger partial charge is 0.317 e. The number of amides is 1. The zero-order valence-electron chi connectivity index (χ0n) is 9.31. The molecule has 6 heteroatoms. The number of benzene rings is 1. The Hall–Kier alpha value is -1.40. The second kappa shape index (κ2) is 6.36. The molecular weight excluding hydrogens is 288 g/mol. The van der Waals surface area contributed by atoms with E-state index in [1.54, 1.807) is 19.2 Å². The quantitative estimate of drug-likeness (QED) is 0.862. The van der Waals surface area contributed by atoms with Gasteiger partial charge in [-0.1, -0.05) is 12.1 Å². The van der Waals surface area contributed by atoms with E-state index < -0.39 is 5.97 Å². The van der Waals surface area contributed by atoms with Crippen molar-refractivity contribution in [3.05, 3.63) is 28.7 Å². The van der Waals surface area contributed by atoms with Crippen LogP contribution in [-0.4, -0.2) is 42.0 Å². The van der Waals surface area contributed by atoms with Gasteiger partial charge in [-0.05, 0) is 35.1 Å². The summed E-state index contributed by atoms with van der Waals surface area (Å²) in [6.45, 7) is -0.128. The number of aliphatic carboxylic acids is 1. The van der Waals surface area contributed by atoms with Crippen LogP contribution in [0.4, 0.5) is 5.69 Å². The number of para-hydroxylation sites is 1. The normalized spacial score (nSPS) is 10.3. The number of carboxylic acids is 1. The summed E-state index contributed by atoms with van der Waals surface area (Å²) in [5, 5.41) is 11.2. The van der Waals surface area contributed by atoms with E-state index in [-0.39, 0.29) is 19.0 Å². The Bertz CT molecular complexity index is 423. The van der Waals surface area contributed by atoms with Crippen molar-refractivity contribution in [1.29, 1.82) is 0 Å². The second-order valence-electron chi connectivity index (χ2n) is 3.59. The lowest BCUT2D eigenvalue weighted by atomic mass is 10.3. The molecule has 0 bridgehead atoms. The van der Waals surface area contributed by atoms with E-state index in [0.29, 0.717) is 5.69 Å². The van der Waals surface area contributed by atoms with Gasteiger partial charge in [0.2, 0.25) is 5.91 Å². The van der Waals surface area contributed by atoms with Gasteiger partial charge in [0.1, 0.15) is 0 Å². The van der Waals surface area contributed by atoms with Gasteiger partial charge in [0.15, 0.2) is 0 Å². The van der Waals surface area contributed by atoms with Crippen LogP contribution in [0.1, 0.15) is 0 Å². The minimum atomic E-state index is -0.957. The highest BCUT2D eigenvalue weighted by atomic mass is 79.9. The minimum absolute atomic E-state index is 0.0354. The number of hydrogen-bond donors (Lipinski definition) is 2. The van der Waals surface area contributed by atoms with E-state index in [1.165, 1.54) is 4.90 Å². The number of rotatable bonds is 5. The Morgan fingerprint density at radius 2 is 2.00 bits per heavy atom. The molecule has 0 spiro atoms. The van der Waals surface area contributed by atoms with E-state index >= 15 is 0 Å². The van der Waals surface area contributed by atoms with Gasteiger partial charge in [0, 0.05) is 4.47 Å². The van der Waals surface area contributed by atoms with Crippen LogP contribution in [0.25, 0.3) is 0 Å². The predicted molar refractivity (Wildman–Crippen MR) is 67.9 cm³/mol. The molecule has 1 aromatic carbocycles. The first-order chi connectivity index (χ1) is 7.99. The van der Waals surface area contributed by atoms with E-state index in [0.717, 1.165) is 4.47 Å². The Morgan fingerprint density at radius 1 is 1.35 bits per heavy atom. The van der Waals surface area contributed by atoms with Crippen molar-refractivity contribution in [3.8, 4) is 0 Å².